The first kappa shape index (κ1) is 24.1. The number of pyridine rings is 1. The molecular weight excluding hydrogens is 442 g/mol. The number of fused-ring (bicyclic) bond motifs is 1. The first-order chi connectivity index (χ1) is 16.9. The standard InChI is InChI=1S/C27H31N5O3/c1-17-8-7-9-18(2)25(17)31-27-26(30-23-10-5-6-12-32(23)27)24-19(3)14-20(34-13-11-29-4)15-21(24)35-16-22(28)33/h5-10,12,14-15,29,31H,11,13,16H2,1-4H3,(H2,28,33). The number of hydrogen-bond donors (Lipinski definition) is 3. The van der Waals surface area contributed by atoms with Crippen molar-refractivity contribution in [3.8, 4) is 22.8 Å². The summed E-state index contributed by atoms with van der Waals surface area (Å²) >= 11 is 0. The van der Waals surface area contributed by atoms with Crippen molar-refractivity contribution in [2.75, 3.05) is 32.1 Å². The molecule has 0 atom stereocenters. The van der Waals surface area contributed by atoms with Crippen molar-refractivity contribution in [3.05, 3.63) is 71.4 Å². The molecule has 35 heavy (non-hydrogen) atoms. The first-order valence-electron chi connectivity index (χ1n) is 11.5. The van der Waals surface area contributed by atoms with Gasteiger partial charge in [0.2, 0.25) is 0 Å². The van der Waals surface area contributed by atoms with E-state index in [4.69, 9.17) is 20.2 Å². The number of nitrogens with zero attached hydrogens (tertiary/aromatic N) is 2. The summed E-state index contributed by atoms with van der Waals surface area (Å²) in [5, 5.41) is 6.68. The number of rotatable bonds is 10. The topological polar surface area (TPSA) is 103 Å². The molecule has 2 aromatic carbocycles. The number of likely N-dealkylation sites (N-methyl/N-ethyl adjacent to an activating group) is 1. The molecule has 2 heterocycles. The van der Waals surface area contributed by atoms with Crippen LogP contribution in [0.4, 0.5) is 11.5 Å². The summed E-state index contributed by atoms with van der Waals surface area (Å²) in [7, 11) is 1.87. The molecule has 0 saturated heterocycles. The predicted octanol–water partition coefficient (Wildman–Crippen LogP) is 4.13. The summed E-state index contributed by atoms with van der Waals surface area (Å²) in [5.41, 5.74) is 11.8. The summed E-state index contributed by atoms with van der Waals surface area (Å²) in [4.78, 5) is 16.5. The molecule has 182 valence electrons. The van der Waals surface area contributed by atoms with Gasteiger partial charge in [0.05, 0.1) is 0 Å². The lowest BCUT2D eigenvalue weighted by Crippen LogP contribution is -2.20. The van der Waals surface area contributed by atoms with Crippen LogP contribution in [0.5, 0.6) is 11.5 Å². The number of hydrogen-bond acceptors (Lipinski definition) is 6. The lowest BCUT2D eigenvalue weighted by atomic mass is 10.0. The van der Waals surface area contributed by atoms with Crippen molar-refractivity contribution in [1.82, 2.24) is 14.7 Å². The van der Waals surface area contributed by atoms with Crippen LogP contribution in [0, 0.1) is 20.8 Å². The number of primary amides is 1. The molecule has 0 radical (unpaired) electrons. The number of imidazole rings is 1. The number of benzene rings is 2. The van der Waals surface area contributed by atoms with Gasteiger partial charge in [0.15, 0.2) is 6.61 Å². The Bertz CT molecular complexity index is 1340. The Labute approximate surface area is 205 Å². The molecule has 0 bridgehead atoms. The molecule has 0 fully saturated rings. The van der Waals surface area contributed by atoms with Gasteiger partial charge < -0.3 is 25.8 Å². The van der Waals surface area contributed by atoms with Gasteiger partial charge in [0, 0.05) is 30.1 Å². The van der Waals surface area contributed by atoms with Crippen LogP contribution in [0.2, 0.25) is 0 Å². The van der Waals surface area contributed by atoms with Crippen LogP contribution in [0.25, 0.3) is 16.9 Å². The summed E-state index contributed by atoms with van der Waals surface area (Å²) < 4.78 is 13.8. The Morgan fingerprint density at radius 1 is 1.03 bits per heavy atom. The van der Waals surface area contributed by atoms with E-state index < -0.39 is 5.91 Å². The Kier molecular flexibility index (Phi) is 7.22. The number of ether oxygens (including phenoxy) is 2. The highest BCUT2D eigenvalue weighted by molar-refractivity contribution is 5.86. The van der Waals surface area contributed by atoms with Crippen LogP contribution < -0.4 is 25.8 Å². The van der Waals surface area contributed by atoms with E-state index in [1.54, 1.807) is 6.07 Å². The summed E-state index contributed by atoms with van der Waals surface area (Å²) in [6.45, 7) is 7.07. The van der Waals surface area contributed by atoms with E-state index in [1.165, 1.54) is 0 Å². The number of carbonyl (C=O) groups excluding carboxylic acids is 1. The summed E-state index contributed by atoms with van der Waals surface area (Å²) in [6, 6.07) is 15.8. The second-order valence-corrected chi connectivity index (χ2v) is 8.45. The maximum Gasteiger partial charge on any atom is 0.255 e. The fraction of sp³-hybridized carbons (Fsp3) is 0.259. The van der Waals surface area contributed by atoms with Gasteiger partial charge >= 0.3 is 0 Å². The maximum absolute atomic E-state index is 11.6. The Morgan fingerprint density at radius 2 is 1.80 bits per heavy atom. The molecule has 1 amide bonds. The lowest BCUT2D eigenvalue weighted by molar-refractivity contribution is -0.119. The molecule has 2 aromatic heterocycles. The molecule has 8 nitrogen and oxygen atoms in total. The molecule has 0 saturated carbocycles. The fourth-order valence-corrected chi connectivity index (χ4v) is 4.06. The van der Waals surface area contributed by atoms with Crippen molar-refractivity contribution >= 4 is 23.1 Å². The molecule has 0 aliphatic rings. The third kappa shape index (κ3) is 5.22. The van der Waals surface area contributed by atoms with Crippen LogP contribution in [-0.2, 0) is 4.79 Å². The molecule has 0 unspecified atom stereocenters. The third-order valence-corrected chi connectivity index (χ3v) is 5.75. The van der Waals surface area contributed by atoms with E-state index in [1.807, 2.05) is 54.9 Å². The number of carbonyl (C=O) groups is 1. The van der Waals surface area contributed by atoms with Crippen LogP contribution in [-0.4, -0.2) is 42.1 Å². The van der Waals surface area contributed by atoms with Crippen molar-refractivity contribution < 1.29 is 14.3 Å². The monoisotopic (exact) mass is 473 g/mol. The van der Waals surface area contributed by atoms with Gasteiger partial charge in [-0.15, -0.1) is 0 Å². The predicted molar refractivity (Wildman–Crippen MR) is 139 cm³/mol. The number of aromatic nitrogens is 2. The molecular formula is C27H31N5O3. The van der Waals surface area contributed by atoms with E-state index in [-0.39, 0.29) is 6.61 Å². The number of aryl methyl sites for hydroxylation is 3. The quantitative estimate of drug-likeness (QED) is 0.299. The van der Waals surface area contributed by atoms with Gasteiger partial charge in [-0.05, 0) is 62.7 Å². The number of nitrogens with two attached hydrogens (primary N) is 1. The highest BCUT2D eigenvalue weighted by Crippen LogP contribution is 2.41. The average Bonchev–Trinajstić information content (AvgIpc) is 3.18. The summed E-state index contributed by atoms with van der Waals surface area (Å²) in [6.07, 6.45) is 1.97. The van der Waals surface area contributed by atoms with Crippen molar-refractivity contribution in [2.24, 2.45) is 5.73 Å². The van der Waals surface area contributed by atoms with Gasteiger partial charge in [-0.3, -0.25) is 9.20 Å². The van der Waals surface area contributed by atoms with Crippen LogP contribution >= 0.6 is 0 Å². The van der Waals surface area contributed by atoms with Crippen molar-refractivity contribution in [3.63, 3.8) is 0 Å². The zero-order chi connectivity index (χ0) is 24.9. The molecule has 0 aliphatic carbocycles. The molecule has 4 N–H and O–H groups in total. The lowest BCUT2D eigenvalue weighted by Gasteiger charge is -2.18. The van der Waals surface area contributed by atoms with E-state index in [2.05, 4.69) is 36.6 Å². The van der Waals surface area contributed by atoms with Crippen molar-refractivity contribution in [1.29, 1.82) is 0 Å². The number of nitrogens with one attached hydrogen (secondary N) is 2. The van der Waals surface area contributed by atoms with Crippen molar-refractivity contribution in [2.45, 2.75) is 20.8 Å². The van der Waals surface area contributed by atoms with E-state index in [9.17, 15) is 4.79 Å². The SMILES string of the molecule is CNCCOc1cc(C)c(-c2nc3ccccn3c2Nc2c(C)cccc2C)c(OCC(N)=O)c1. The third-order valence-electron chi connectivity index (χ3n) is 5.75. The molecule has 8 heteroatoms. The van der Waals surface area contributed by atoms with E-state index in [0.29, 0.717) is 30.3 Å². The van der Waals surface area contributed by atoms with E-state index in [0.717, 1.165) is 39.4 Å². The van der Waals surface area contributed by atoms with Gasteiger partial charge in [-0.2, -0.15) is 0 Å². The summed E-state index contributed by atoms with van der Waals surface area (Å²) in [5.74, 6) is 1.37. The molecule has 0 spiro atoms. The van der Waals surface area contributed by atoms with Crippen LogP contribution in [0.15, 0.2) is 54.7 Å². The van der Waals surface area contributed by atoms with Gasteiger partial charge in [-0.1, -0.05) is 24.3 Å². The minimum absolute atomic E-state index is 0.251. The molecule has 4 aromatic rings. The number of para-hydroxylation sites is 1. The highest BCUT2D eigenvalue weighted by Gasteiger charge is 2.22. The maximum atomic E-state index is 11.6. The minimum Gasteiger partial charge on any atom is -0.492 e. The fourth-order valence-electron chi connectivity index (χ4n) is 4.06. The minimum atomic E-state index is -0.556. The largest absolute Gasteiger partial charge is 0.492 e. The molecule has 0 aliphatic heterocycles. The normalized spacial score (nSPS) is 11.0. The zero-order valence-corrected chi connectivity index (χ0v) is 20.5. The van der Waals surface area contributed by atoms with Gasteiger partial charge in [0.1, 0.15) is 35.3 Å². The van der Waals surface area contributed by atoms with Crippen LogP contribution in [0.3, 0.4) is 0 Å². The second-order valence-electron chi connectivity index (χ2n) is 8.45. The number of anilines is 2. The van der Waals surface area contributed by atoms with E-state index >= 15 is 0 Å². The van der Waals surface area contributed by atoms with Gasteiger partial charge in [-0.25, -0.2) is 4.98 Å². The molecule has 4 rings (SSSR count). The smallest absolute Gasteiger partial charge is 0.255 e. The van der Waals surface area contributed by atoms with Gasteiger partial charge in [0.25, 0.3) is 5.91 Å². The zero-order valence-electron chi connectivity index (χ0n) is 20.5. The Balaban J connectivity index is 1.89. The number of amides is 1. The highest BCUT2D eigenvalue weighted by atomic mass is 16.5. The second kappa shape index (κ2) is 10.5. The Morgan fingerprint density at radius 3 is 2.51 bits per heavy atom. The average molecular weight is 474 g/mol. The van der Waals surface area contributed by atoms with Crippen LogP contribution in [0.1, 0.15) is 16.7 Å². The first-order valence-corrected chi connectivity index (χ1v) is 11.5. The Hall–Kier alpha value is -4.04.